The molecule has 6 nitrogen and oxygen atoms in total. The Kier molecular flexibility index (Phi) is 3.72. The van der Waals surface area contributed by atoms with E-state index in [2.05, 4.69) is 9.97 Å². The molecule has 0 saturated heterocycles. The van der Waals surface area contributed by atoms with Gasteiger partial charge < -0.3 is 19.5 Å². The zero-order chi connectivity index (χ0) is 14.8. The number of hydrogen-bond donors (Lipinski definition) is 2. The molecule has 0 spiro atoms. The van der Waals surface area contributed by atoms with Crippen LogP contribution >= 0.6 is 0 Å². The normalized spacial score (nSPS) is 11.4. The van der Waals surface area contributed by atoms with E-state index in [0.29, 0.717) is 30.3 Å². The van der Waals surface area contributed by atoms with Crippen molar-refractivity contribution in [3.8, 4) is 0 Å². The second kappa shape index (κ2) is 5.67. The van der Waals surface area contributed by atoms with E-state index >= 15 is 0 Å². The maximum absolute atomic E-state index is 9.21. The van der Waals surface area contributed by atoms with Crippen LogP contribution in [0.2, 0.25) is 0 Å². The SMILES string of the molecule is Cc1nc(N(CCO)CCO)c2oc3ccccc3c2n1. The number of nitrogens with zero attached hydrogens (tertiary/aromatic N) is 3. The maximum Gasteiger partial charge on any atom is 0.196 e. The van der Waals surface area contributed by atoms with Crippen LogP contribution in [0.1, 0.15) is 5.82 Å². The lowest BCUT2D eigenvalue weighted by Crippen LogP contribution is -2.30. The molecule has 0 saturated carbocycles. The van der Waals surface area contributed by atoms with Crippen LogP contribution in [-0.2, 0) is 0 Å². The molecule has 0 bridgehead atoms. The highest BCUT2D eigenvalue weighted by molar-refractivity contribution is 6.05. The average Bonchev–Trinajstić information content (AvgIpc) is 2.85. The first kappa shape index (κ1) is 13.8. The molecule has 0 aliphatic carbocycles. The van der Waals surface area contributed by atoms with Crippen molar-refractivity contribution in [3.63, 3.8) is 0 Å². The Labute approximate surface area is 121 Å². The fraction of sp³-hybridized carbons (Fsp3) is 0.333. The van der Waals surface area contributed by atoms with Gasteiger partial charge in [-0.3, -0.25) is 0 Å². The van der Waals surface area contributed by atoms with Gasteiger partial charge in [-0.1, -0.05) is 12.1 Å². The number of aryl methyl sites for hydroxylation is 1. The van der Waals surface area contributed by atoms with Gasteiger partial charge in [0.05, 0.1) is 13.2 Å². The molecule has 6 heteroatoms. The first-order valence-corrected chi connectivity index (χ1v) is 6.87. The van der Waals surface area contributed by atoms with Crippen LogP contribution in [0.4, 0.5) is 5.82 Å². The van der Waals surface area contributed by atoms with E-state index in [4.69, 9.17) is 4.42 Å². The monoisotopic (exact) mass is 287 g/mol. The summed E-state index contributed by atoms with van der Waals surface area (Å²) in [5.41, 5.74) is 2.10. The van der Waals surface area contributed by atoms with Gasteiger partial charge in [0.15, 0.2) is 11.4 Å². The molecule has 0 amide bonds. The number of benzene rings is 1. The Morgan fingerprint density at radius 2 is 1.81 bits per heavy atom. The van der Waals surface area contributed by atoms with Crippen molar-refractivity contribution < 1.29 is 14.6 Å². The first-order chi connectivity index (χ1) is 10.2. The Morgan fingerprint density at radius 3 is 2.52 bits per heavy atom. The van der Waals surface area contributed by atoms with E-state index in [1.54, 1.807) is 4.90 Å². The van der Waals surface area contributed by atoms with Crippen LogP contribution < -0.4 is 4.90 Å². The number of furan rings is 1. The zero-order valence-corrected chi connectivity index (χ0v) is 11.8. The van der Waals surface area contributed by atoms with E-state index in [1.807, 2.05) is 31.2 Å². The molecule has 0 unspecified atom stereocenters. The molecule has 0 aliphatic rings. The van der Waals surface area contributed by atoms with Crippen molar-refractivity contribution >= 4 is 27.9 Å². The van der Waals surface area contributed by atoms with Crippen molar-refractivity contribution in [2.75, 3.05) is 31.2 Å². The van der Waals surface area contributed by atoms with E-state index in [0.717, 1.165) is 16.5 Å². The topological polar surface area (TPSA) is 82.6 Å². The van der Waals surface area contributed by atoms with Gasteiger partial charge in [-0.15, -0.1) is 0 Å². The molecule has 0 atom stereocenters. The van der Waals surface area contributed by atoms with E-state index in [1.165, 1.54) is 0 Å². The van der Waals surface area contributed by atoms with E-state index < -0.39 is 0 Å². The van der Waals surface area contributed by atoms with Crippen LogP contribution in [-0.4, -0.2) is 46.5 Å². The van der Waals surface area contributed by atoms with Gasteiger partial charge in [0.1, 0.15) is 16.9 Å². The molecule has 2 N–H and O–H groups in total. The molecule has 1 aromatic carbocycles. The van der Waals surface area contributed by atoms with Crippen LogP contribution in [0.5, 0.6) is 0 Å². The van der Waals surface area contributed by atoms with Crippen LogP contribution in [0, 0.1) is 6.92 Å². The minimum Gasteiger partial charge on any atom is -0.450 e. The Bertz CT molecular complexity index is 763. The highest BCUT2D eigenvalue weighted by Crippen LogP contribution is 2.32. The van der Waals surface area contributed by atoms with Crippen molar-refractivity contribution in [2.24, 2.45) is 0 Å². The fourth-order valence-electron chi connectivity index (χ4n) is 2.46. The fourth-order valence-corrected chi connectivity index (χ4v) is 2.46. The molecule has 0 radical (unpaired) electrons. The third-order valence-electron chi connectivity index (χ3n) is 3.35. The van der Waals surface area contributed by atoms with Gasteiger partial charge in [-0.05, 0) is 19.1 Å². The summed E-state index contributed by atoms with van der Waals surface area (Å²) in [7, 11) is 0. The van der Waals surface area contributed by atoms with Crippen molar-refractivity contribution in [1.29, 1.82) is 0 Å². The number of aliphatic hydroxyl groups excluding tert-OH is 2. The second-order valence-corrected chi connectivity index (χ2v) is 4.80. The summed E-state index contributed by atoms with van der Waals surface area (Å²) in [6.45, 7) is 2.53. The van der Waals surface area contributed by atoms with Gasteiger partial charge in [-0.2, -0.15) is 0 Å². The molecule has 0 fully saturated rings. The number of hydrogen-bond acceptors (Lipinski definition) is 6. The standard InChI is InChI=1S/C15H17N3O3/c1-10-16-13-11-4-2-3-5-12(11)21-14(13)15(17-10)18(6-8-19)7-9-20/h2-5,19-20H,6-9H2,1H3. The van der Waals surface area contributed by atoms with E-state index in [-0.39, 0.29) is 13.2 Å². The van der Waals surface area contributed by atoms with Gasteiger partial charge in [-0.25, -0.2) is 9.97 Å². The average molecular weight is 287 g/mol. The number of aromatic nitrogens is 2. The van der Waals surface area contributed by atoms with Crippen LogP contribution in [0.3, 0.4) is 0 Å². The molecular formula is C15H17N3O3. The summed E-state index contributed by atoms with van der Waals surface area (Å²) in [5.74, 6) is 1.24. The van der Waals surface area contributed by atoms with Crippen LogP contribution in [0.25, 0.3) is 22.1 Å². The Morgan fingerprint density at radius 1 is 1.10 bits per heavy atom. The van der Waals surface area contributed by atoms with Crippen LogP contribution in [0.15, 0.2) is 28.7 Å². The lowest BCUT2D eigenvalue weighted by atomic mass is 10.2. The first-order valence-electron chi connectivity index (χ1n) is 6.87. The molecule has 21 heavy (non-hydrogen) atoms. The highest BCUT2D eigenvalue weighted by atomic mass is 16.3. The van der Waals surface area contributed by atoms with Crippen molar-refractivity contribution in [2.45, 2.75) is 6.92 Å². The molecule has 3 aromatic rings. The summed E-state index contributed by atoms with van der Waals surface area (Å²) in [6, 6.07) is 7.69. The van der Waals surface area contributed by atoms with Gasteiger partial charge in [0.2, 0.25) is 0 Å². The molecule has 2 aromatic heterocycles. The summed E-state index contributed by atoms with van der Waals surface area (Å²) < 4.78 is 5.88. The number of rotatable bonds is 5. The predicted molar refractivity (Wildman–Crippen MR) is 80.4 cm³/mol. The summed E-state index contributed by atoms with van der Waals surface area (Å²) in [4.78, 5) is 10.7. The Balaban J connectivity index is 2.25. The lowest BCUT2D eigenvalue weighted by Gasteiger charge is -2.21. The largest absolute Gasteiger partial charge is 0.450 e. The quantitative estimate of drug-likeness (QED) is 0.739. The molecule has 3 rings (SSSR count). The smallest absolute Gasteiger partial charge is 0.196 e. The van der Waals surface area contributed by atoms with Gasteiger partial charge >= 0.3 is 0 Å². The summed E-state index contributed by atoms with van der Waals surface area (Å²) in [6.07, 6.45) is 0. The molecule has 0 aliphatic heterocycles. The minimum atomic E-state index is -0.0230. The van der Waals surface area contributed by atoms with Gasteiger partial charge in [0, 0.05) is 18.5 Å². The highest BCUT2D eigenvalue weighted by Gasteiger charge is 2.18. The third kappa shape index (κ3) is 2.43. The predicted octanol–water partition coefficient (Wildman–Crippen LogP) is 1.48. The summed E-state index contributed by atoms with van der Waals surface area (Å²) >= 11 is 0. The third-order valence-corrected chi connectivity index (χ3v) is 3.35. The Hall–Kier alpha value is -2.18. The summed E-state index contributed by atoms with van der Waals surface area (Å²) in [5, 5.41) is 19.4. The van der Waals surface area contributed by atoms with Crippen molar-refractivity contribution in [1.82, 2.24) is 9.97 Å². The zero-order valence-electron chi connectivity index (χ0n) is 11.8. The van der Waals surface area contributed by atoms with Crippen molar-refractivity contribution in [3.05, 3.63) is 30.1 Å². The number of aliphatic hydroxyl groups is 2. The molecule has 2 heterocycles. The maximum atomic E-state index is 9.21. The number of anilines is 1. The minimum absolute atomic E-state index is 0.0230. The molecule has 110 valence electrons. The number of para-hydroxylation sites is 1. The second-order valence-electron chi connectivity index (χ2n) is 4.80. The number of fused-ring (bicyclic) bond motifs is 3. The van der Waals surface area contributed by atoms with E-state index in [9.17, 15) is 10.2 Å². The molecular weight excluding hydrogens is 270 g/mol. The van der Waals surface area contributed by atoms with Gasteiger partial charge in [0.25, 0.3) is 0 Å². The lowest BCUT2D eigenvalue weighted by molar-refractivity contribution is 0.280.